The van der Waals surface area contributed by atoms with E-state index >= 15 is 0 Å². The molecule has 0 bridgehead atoms. The van der Waals surface area contributed by atoms with Crippen LogP contribution in [0.5, 0.6) is 0 Å². The molecular formula is C16H18N2O2S2. The van der Waals surface area contributed by atoms with Gasteiger partial charge in [0.25, 0.3) is 5.69 Å². The molecule has 0 aliphatic rings. The maximum absolute atomic E-state index is 11.4. The van der Waals surface area contributed by atoms with Crippen LogP contribution in [0.3, 0.4) is 0 Å². The summed E-state index contributed by atoms with van der Waals surface area (Å²) in [6.07, 6.45) is 0. The van der Waals surface area contributed by atoms with Crippen molar-refractivity contribution in [3.63, 3.8) is 0 Å². The van der Waals surface area contributed by atoms with E-state index in [9.17, 15) is 10.1 Å². The number of rotatable bonds is 4. The molecule has 0 radical (unpaired) electrons. The molecule has 4 nitrogen and oxygen atoms in total. The highest BCUT2D eigenvalue weighted by atomic mass is 32.2. The average molecular weight is 334 g/mol. The SMILES string of the molecule is CC(=NSC(C)(C)C)c1ccc(-c2ccsc2)c([N+](=O)[O-])c1. The lowest BCUT2D eigenvalue weighted by Gasteiger charge is -2.13. The van der Waals surface area contributed by atoms with Crippen LogP contribution in [0.25, 0.3) is 11.1 Å². The van der Waals surface area contributed by atoms with Crippen molar-refractivity contribution >= 4 is 34.7 Å². The van der Waals surface area contributed by atoms with E-state index < -0.39 is 0 Å². The van der Waals surface area contributed by atoms with E-state index in [1.54, 1.807) is 12.1 Å². The van der Waals surface area contributed by atoms with Crippen molar-refractivity contribution in [1.82, 2.24) is 0 Å². The Labute approximate surface area is 138 Å². The quantitative estimate of drug-likeness (QED) is 0.317. The second-order valence-corrected chi connectivity index (χ2v) is 8.25. The minimum atomic E-state index is -0.333. The second kappa shape index (κ2) is 6.62. The fourth-order valence-corrected chi connectivity index (χ4v) is 3.00. The molecule has 6 heteroatoms. The summed E-state index contributed by atoms with van der Waals surface area (Å²) in [5.74, 6) is 0. The molecule has 0 atom stereocenters. The number of benzene rings is 1. The monoisotopic (exact) mass is 334 g/mol. The molecule has 2 aromatic rings. The molecule has 116 valence electrons. The van der Waals surface area contributed by atoms with Crippen molar-refractivity contribution in [2.24, 2.45) is 4.40 Å². The zero-order chi connectivity index (χ0) is 16.3. The van der Waals surface area contributed by atoms with E-state index in [1.807, 2.05) is 29.8 Å². The summed E-state index contributed by atoms with van der Waals surface area (Å²) in [6, 6.07) is 7.19. The van der Waals surface area contributed by atoms with Gasteiger partial charge in [-0.15, -0.1) is 0 Å². The number of nitro groups is 1. The average Bonchev–Trinajstić information content (AvgIpc) is 2.97. The standard InChI is InChI=1S/C16H18N2O2S2/c1-11(17-22-16(2,3)4)12-5-6-14(13-7-8-21-10-13)15(9-12)18(19)20/h5-10H,1-4H3. The van der Waals surface area contributed by atoms with Gasteiger partial charge in [0.05, 0.1) is 16.2 Å². The Kier molecular flexibility index (Phi) is 5.03. The lowest BCUT2D eigenvalue weighted by Crippen LogP contribution is -2.06. The third-order valence-corrected chi connectivity index (χ3v) is 4.50. The van der Waals surface area contributed by atoms with Gasteiger partial charge in [0.1, 0.15) is 0 Å². The summed E-state index contributed by atoms with van der Waals surface area (Å²) in [5, 5.41) is 15.2. The van der Waals surface area contributed by atoms with Gasteiger partial charge in [-0.2, -0.15) is 11.3 Å². The molecule has 1 aromatic carbocycles. The number of hydrogen-bond donors (Lipinski definition) is 0. The highest BCUT2D eigenvalue weighted by molar-refractivity contribution is 7.99. The zero-order valence-electron chi connectivity index (χ0n) is 13.0. The first-order valence-electron chi connectivity index (χ1n) is 6.82. The Hall–Kier alpha value is -1.66. The van der Waals surface area contributed by atoms with Gasteiger partial charge >= 0.3 is 0 Å². The van der Waals surface area contributed by atoms with Gasteiger partial charge < -0.3 is 0 Å². The van der Waals surface area contributed by atoms with E-state index in [2.05, 4.69) is 25.2 Å². The molecule has 22 heavy (non-hydrogen) atoms. The van der Waals surface area contributed by atoms with Gasteiger partial charge in [0, 0.05) is 16.4 Å². The van der Waals surface area contributed by atoms with Crippen LogP contribution in [-0.2, 0) is 0 Å². The smallest absolute Gasteiger partial charge is 0.258 e. The van der Waals surface area contributed by atoms with Crippen LogP contribution in [0.15, 0.2) is 39.4 Å². The van der Waals surface area contributed by atoms with Crippen molar-refractivity contribution in [2.75, 3.05) is 0 Å². The Morgan fingerprint density at radius 2 is 2.05 bits per heavy atom. The molecule has 0 unspecified atom stereocenters. The van der Waals surface area contributed by atoms with E-state index in [4.69, 9.17) is 0 Å². The van der Waals surface area contributed by atoms with Crippen LogP contribution in [0, 0.1) is 10.1 Å². The van der Waals surface area contributed by atoms with Crippen LogP contribution in [0.1, 0.15) is 33.3 Å². The van der Waals surface area contributed by atoms with Gasteiger partial charge in [-0.1, -0.05) is 6.07 Å². The predicted molar refractivity (Wildman–Crippen MR) is 96.0 cm³/mol. The second-order valence-electron chi connectivity index (χ2n) is 5.88. The number of hydrogen-bond acceptors (Lipinski definition) is 5. The maximum atomic E-state index is 11.4. The fourth-order valence-electron chi connectivity index (χ4n) is 1.83. The molecule has 1 heterocycles. The van der Waals surface area contributed by atoms with Gasteiger partial charge in [-0.3, -0.25) is 10.1 Å². The number of nitrogens with zero attached hydrogens (tertiary/aromatic N) is 2. The highest BCUT2D eigenvalue weighted by Crippen LogP contribution is 2.33. The molecule has 0 aliphatic heterocycles. The molecule has 0 aliphatic carbocycles. The van der Waals surface area contributed by atoms with E-state index in [-0.39, 0.29) is 15.4 Å². The summed E-state index contributed by atoms with van der Waals surface area (Å²) in [6.45, 7) is 8.12. The third-order valence-electron chi connectivity index (χ3n) is 2.90. The fraction of sp³-hybridized carbons (Fsp3) is 0.312. The first-order chi connectivity index (χ1) is 10.3. The maximum Gasteiger partial charge on any atom is 0.277 e. The summed E-state index contributed by atoms with van der Waals surface area (Å²) < 4.78 is 4.49. The van der Waals surface area contributed by atoms with Crippen LogP contribution >= 0.6 is 23.3 Å². The number of nitro benzene ring substituents is 1. The summed E-state index contributed by atoms with van der Waals surface area (Å²) >= 11 is 3.00. The summed E-state index contributed by atoms with van der Waals surface area (Å²) in [7, 11) is 0. The third kappa shape index (κ3) is 4.18. The topological polar surface area (TPSA) is 55.5 Å². The van der Waals surface area contributed by atoms with Gasteiger partial charge in [0.2, 0.25) is 0 Å². The van der Waals surface area contributed by atoms with Crippen LogP contribution in [-0.4, -0.2) is 15.4 Å². The Bertz CT molecular complexity index is 701. The molecule has 0 N–H and O–H groups in total. The Morgan fingerprint density at radius 1 is 1.32 bits per heavy atom. The molecule has 0 saturated carbocycles. The highest BCUT2D eigenvalue weighted by Gasteiger charge is 2.18. The lowest BCUT2D eigenvalue weighted by molar-refractivity contribution is -0.384. The molecular weight excluding hydrogens is 316 g/mol. The predicted octanol–water partition coefficient (Wildman–Crippen LogP) is 5.58. The Morgan fingerprint density at radius 3 is 2.59 bits per heavy atom. The van der Waals surface area contributed by atoms with Crippen LogP contribution in [0.2, 0.25) is 0 Å². The molecule has 1 aromatic heterocycles. The van der Waals surface area contributed by atoms with E-state index in [1.165, 1.54) is 23.3 Å². The van der Waals surface area contributed by atoms with Crippen molar-refractivity contribution < 1.29 is 4.92 Å². The normalized spacial score (nSPS) is 12.5. The van der Waals surface area contributed by atoms with Crippen molar-refractivity contribution in [3.8, 4) is 11.1 Å². The largest absolute Gasteiger partial charge is 0.277 e. The minimum absolute atomic E-state index is 0.0177. The number of thiophene rings is 1. The van der Waals surface area contributed by atoms with E-state index in [0.717, 1.165) is 16.8 Å². The van der Waals surface area contributed by atoms with Crippen LogP contribution < -0.4 is 0 Å². The van der Waals surface area contributed by atoms with Crippen LogP contribution in [0.4, 0.5) is 5.69 Å². The van der Waals surface area contributed by atoms with Crippen molar-refractivity contribution in [3.05, 3.63) is 50.7 Å². The van der Waals surface area contributed by atoms with E-state index in [0.29, 0.717) is 5.56 Å². The lowest BCUT2D eigenvalue weighted by atomic mass is 10.0. The minimum Gasteiger partial charge on any atom is -0.258 e. The first kappa shape index (κ1) is 16.7. The van der Waals surface area contributed by atoms with Gasteiger partial charge in [0.15, 0.2) is 0 Å². The van der Waals surface area contributed by atoms with Crippen molar-refractivity contribution in [2.45, 2.75) is 32.4 Å². The molecule has 2 rings (SSSR count). The molecule has 0 saturated heterocycles. The van der Waals surface area contributed by atoms with Gasteiger partial charge in [-0.25, -0.2) is 4.40 Å². The summed E-state index contributed by atoms with van der Waals surface area (Å²) in [5.41, 5.74) is 3.21. The molecule has 0 fully saturated rings. The Balaban J connectivity index is 2.40. The molecule has 0 amide bonds. The first-order valence-corrected chi connectivity index (χ1v) is 8.54. The summed E-state index contributed by atoms with van der Waals surface area (Å²) in [4.78, 5) is 11.0. The molecule has 0 spiro atoms. The van der Waals surface area contributed by atoms with Gasteiger partial charge in [-0.05, 0) is 68.1 Å². The zero-order valence-corrected chi connectivity index (χ0v) is 14.6. The van der Waals surface area contributed by atoms with Crippen molar-refractivity contribution in [1.29, 1.82) is 0 Å².